The number of aromatic nitrogens is 1. The molecule has 4 amide bonds. The number of aromatic hydroxyl groups is 1. The number of aliphatic imine (C=N–C) groups is 1. The Morgan fingerprint density at radius 2 is 1.82 bits per heavy atom. The minimum atomic E-state index is -0.497. The van der Waals surface area contributed by atoms with Crippen LogP contribution in [-0.2, 0) is 16.0 Å². The number of hydrogen-bond acceptors (Lipinski definition) is 7. The van der Waals surface area contributed by atoms with Crippen LogP contribution >= 0.6 is 0 Å². The minimum absolute atomic E-state index is 0.120. The average molecular weight is 607 g/mol. The fourth-order valence-corrected chi connectivity index (χ4v) is 5.59. The van der Waals surface area contributed by atoms with E-state index in [0.29, 0.717) is 45.4 Å². The number of imide groups is 1. The molecular formula is C33H30N6O6. The number of carbonyl (C=O) groups excluding carboxylic acids is 3. The van der Waals surface area contributed by atoms with Crippen molar-refractivity contribution in [2.45, 2.75) is 25.7 Å². The van der Waals surface area contributed by atoms with E-state index < -0.39 is 16.9 Å². The molecular weight excluding hydrogens is 576 g/mol. The van der Waals surface area contributed by atoms with E-state index in [1.165, 1.54) is 19.2 Å². The van der Waals surface area contributed by atoms with Gasteiger partial charge in [0, 0.05) is 55.2 Å². The Hall–Kier alpha value is -5.78. The van der Waals surface area contributed by atoms with E-state index in [0.717, 1.165) is 42.8 Å². The van der Waals surface area contributed by atoms with E-state index in [9.17, 15) is 29.6 Å². The highest BCUT2D eigenvalue weighted by Crippen LogP contribution is 2.34. The van der Waals surface area contributed by atoms with Crippen molar-refractivity contribution in [1.82, 2.24) is 20.1 Å². The van der Waals surface area contributed by atoms with Crippen LogP contribution in [0, 0.1) is 10.1 Å². The molecule has 2 fully saturated rings. The number of aromatic amines is 1. The number of amides is 4. The van der Waals surface area contributed by atoms with Crippen LogP contribution in [0.1, 0.15) is 41.5 Å². The van der Waals surface area contributed by atoms with Crippen LogP contribution in [0.4, 0.5) is 16.2 Å². The summed E-state index contributed by atoms with van der Waals surface area (Å²) < 4.78 is 0. The summed E-state index contributed by atoms with van der Waals surface area (Å²) in [6.45, 7) is 1.54. The molecule has 2 saturated heterocycles. The molecule has 228 valence electrons. The molecule has 0 atom stereocenters. The lowest BCUT2D eigenvalue weighted by Crippen LogP contribution is -2.25. The van der Waals surface area contributed by atoms with Crippen LogP contribution in [0.25, 0.3) is 17.0 Å². The zero-order valence-electron chi connectivity index (χ0n) is 24.4. The number of nitro benzene ring substituents is 1. The van der Waals surface area contributed by atoms with E-state index in [-0.39, 0.29) is 23.2 Å². The molecule has 0 radical (unpaired) electrons. The van der Waals surface area contributed by atoms with Gasteiger partial charge < -0.3 is 20.3 Å². The molecule has 3 aromatic carbocycles. The Morgan fingerprint density at radius 3 is 2.47 bits per heavy atom. The van der Waals surface area contributed by atoms with Gasteiger partial charge >= 0.3 is 6.03 Å². The molecule has 2 aliphatic heterocycles. The second-order valence-electron chi connectivity index (χ2n) is 11.0. The topological polar surface area (TPSA) is 161 Å². The number of nitrogens with zero attached hydrogens (tertiary/aromatic N) is 4. The predicted molar refractivity (Wildman–Crippen MR) is 168 cm³/mol. The molecule has 4 aromatic rings. The maximum atomic E-state index is 12.2. The highest BCUT2D eigenvalue weighted by Gasteiger charge is 2.30. The van der Waals surface area contributed by atoms with Crippen molar-refractivity contribution in [3.8, 4) is 5.88 Å². The summed E-state index contributed by atoms with van der Waals surface area (Å²) >= 11 is 0. The quantitative estimate of drug-likeness (QED) is 0.0796. The number of benzene rings is 3. The van der Waals surface area contributed by atoms with Crippen molar-refractivity contribution in [1.29, 1.82) is 0 Å². The summed E-state index contributed by atoms with van der Waals surface area (Å²) in [4.78, 5) is 57.7. The van der Waals surface area contributed by atoms with Crippen LogP contribution < -0.4 is 5.32 Å². The van der Waals surface area contributed by atoms with Gasteiger partial charge in [0.2, 0.25) is 5.91 Å². The van der Waals surface area contributed by atoms with Crippen LogP contribution in [0.15, 0.2) is 77.4 Å². The summed E-state index contributed by atoms with van der Waals surface area (Å²) in [6.07, 6.45) is 4.73. The first-order valence-corrected chi connectivity index (χ1v) is 14.5. The molecule has 12 nitrogen and oxygen atoms in total. The number of hydrogen-bond donors (Lipinski definition) is 3. The molecule has 3 N–H and O–H groups in total. The number of fused-ring (bicyclic) bond motifs is 1. The molecule has 0 saturated carbocycles. The van der Waals surface area contributed by atoms with E-state index in [1.807, 2.05) is 29.2 Å². The zero-order chi connectivity index (χ0) is 31.7. The predicted octanol–water partition coefficient (Wildman–Crippen LogP) is 5.03. The van der Waals surface area contributed by atoms with Crippen molar-refractivity contribution in [3.63, 3.8) is 0 Å². The molecule has 1 aromatic heterocycles. The largest absolute Gasteiger partial charge is 0.494 e. The first-order chi connectivity index (χ1) is 21.7. The van der Waals surface area contributed by atoms with Crippen molar-refractivity contribution in [3.05, 3.63) is 105 Å². The summed E-state index contributed by atoms with van der Waals surface area (Å²) in [6, 6.07) is 18.5. The molecule has 0 unspecified atom stereocenters. The van der Waals surface area contributed by atoms with Gasteiger partial charge in [-0.05, 0) is 54.7 Å². The number of nitrogens with one attached hydrogen (secondary N) is 2. The number of non-ortho nitro benzene ring substituents is 1. The SMILES string of the molecule is CN1C(=O)N/C(=C\c2ccc(N=C(c3ccc(CCCN4CCCC4=O)cc3)c3c(O)[nH]c4ccc([N+](=O)[O-])cc34)cc2)C1=O. The van der Waals surface area contributed by atoms with Gasteiger partial charge in [0.25, 0.3) is 11.6 Å². The Bertz CT molecular complexity index is 1890. The standard InChI is InChI=1S/C33H30N6O6/c1-37-32(42)27(36-33(37)43)18-21-8-12-23(13-9-21)34-30(29-25-19-24(39(44)45)14-15-26(25)35-31(29)41)22-10-6-20(7-11-22)4-2-16-38-17-3-5-28(38)40/h6-15,18-19,35,41H,2-5,16-17H2,1H3,(H,36,43)/b27-18-,34-30?. The molecule has 6 rings (SSSR count). The van der Waals surface area contributed by atoms with Crippen molar-refractivity contribution in [2.75, 3.05) is 20.1 Å². The first-order valence-electron chi connectivity index (χ1n) is 14.5. The lowest BCUT2D eigenvalue weighted by molar-refractivity contribution is -0.384. The second kappa shape index (κ2) is 12.1. The van der Waals surface area contributed by atoms with E-state index in [1.54, 1.807) is 36.4 Å². The van der Waals surface area contributed by atoms with Gasteiger partial charge in [-0.15, -0.1) is 0 Å². The van der Waals surface area contributed by atoms with Gasteiger partial charge in [0.1, 0.15) is 5.70 Å². The maximum absolute atomic E-state index is 12.2. The number of H-pyrrole nitrogens is 1. The van der Waals surface area contributed by atoms with Crippen LogP contribution in [0.5, 0.6) is 5.88 Å². The molecule has 0 spiro atoms. The van der Waals surface area contributed by atoms with Crippen LogP contribution in [0.3, 0.4) is 0 Å². The molecule has 2 aliphatic rings. The number of aryl methyl sites for hydroxylation is 1. The third-order valence-electron chi connectivity index (χ3n) is 8.03. The summed E-state index contributed by atoms with van der Waals surface area (Å²) in [5.74, 6) is -0.396. The molecule has 3 heterocycles. The van der Waals surface area contributed by atoms with Gasteiger partial charge in [0.05, 0.1) is 21.9 Å². The highest BCUT2D eigenvalue weighted by molar-refractivity contribution is 6.22. The van der Waals surface area contributed by atoms with Gasteiger partial charge in [-0.25, -0.2) is 9.79 Å². The summed E-state index contributed by atoms with van der Waals surface area (Å²) in [5.41, 5.74) is 4.25. The van der Waals surface area contributed by atoms with Crippen molar-refractivity contribution >= 4 is 51.9 Å². The summed E-state index contributed by atoms with van der Waals surface area (Å²) in [5, 5.41) is 25.6. The Labute approximate surface area is 257 Å². The molecule has 0 bridgehead atoms. The Morgan fingerprint density at radius 1 is 1.07 bits per heavy atom. The number of carbonyl (C=O) groups is 3. The normalized spacial score (nSPS) is 16.3. The summed E-state index contributed by atoms with van der Waals surface area (Å²) in [7, 11) is 1.40. The highest BCUT2D eigenvalue weighted by atomic mass is 16.6. The lowest BCUT2D eigenvalue weighted by Gasteiger charge is -2.15. The monoisotopic (exact) mass is 606 g/mol. The van der Waals surface area contributed by atoms with E-state index in [4.69, 9.17) is 4.99 Å². The Kier molecular flexibility index (Phi) is 7.86. The van der Waals surface area contributed by atoms with Crippen LogP contribution in [0.2, 0.25) is 0 Å². The molecule has 12 heteroatoms. The number of likely N-dealkylation sites (N-methyl/N-ethyl adjacent to an activating group) is 1. The Balaban J connectivity index is 1.34. The molecule has 0 aliphatic carbocycles. The van der Waals surface area contributed by atoms with E-state index in [2.05, 4.69) is 10.3 Å². The van der Waals surface area contributed by atoms with Crippen LogP contribution in [-0.4, -0.2) is 68.5 Å². The maximum Gasteiger partial charge on any atom is 0.328 e. The average Bonchev–Trinajstić information content (AvgIpc) is 3.67. The fourth-order valence-electron chi connectivity index (χ4n) is 5.59. The van der Waals surface area contributed by atoms with Gasteiger partial charge in [-0.1, -0.05) is 36.4 Å². The fraction of sp³-hybridized carbons (Fsp3) is 0.212. The first kappa shape index (κ1) is 29.3. The number of urea groups is 1. The van der Waals surface area contributed by atoms with E-state index >= 15 is 0 Å². The van der Waals surface area contributed by atoms with Gasteiger partial charge in [-0.3, -0.25) is 24.6 Å². The number of likely N-dealkylation sites (tertiary alicyclic amines) is 1. The van der Waals surface area contributed by atoms with Gasteiger partial charge in [-0.2, -0.15) is 0 Å². The third-order valence-corrected chi connectivity index (χ3v) is 8.03. The zero-order valence-corrected chi connectivity index (χ0v) is 24.4. The lowest BCUT2D eigenvalue weighted by atomic mass is 9.98. The number of nitro groups is 1. The van der Waals surface area contributed by atoms with Gasteiger partial charge in [0.15, 0.2) is 5.88 Å². The smallest absolute Gasteiger partial charge is 0.328 e. The van der Waals surface area contributed by atoms with Crippen molar-refractivity contribution < 1.29 is 24.4 Å². The second-order valence-corrected chi connectivity index (χ2v) is 11.0. The third kappa shape index (κ3) is 6.03. The number of rotatable bonds is 9. The van der Waals surface area contributed by atoms with Crippen molar-refractivity contribution in [2.24, 2.45) is 4.99 Å². The minimum Gasteiger partial charge on any atom is -0.494 e. The molecule has 45 heavy (non-hydrogen) atoms.